The van der Waals surface area contributed by atoms with Crippen LogP contribution in [0.25, 0.3) is 0 Å². The van der Waals surface area contributed by atoms with E-state index in [4.69, 9.17) is 4.74 Å². The number of aromatic nitrogens is 5. The SMILES string of the molecule is O=C(Nc1n[nH]c(C2C=CC=CN2)n1)c1ccc(=O)n(CCOc2ccccc2)n1. The first kappa shape index (κ1) is 19.1. The van der Waals surface area contributed by atoms with E-state index in [0.717, 1.165) is 0 Å². The lowest BCUT2D eigenvalue weighted by Crippen LogP contribution is -2.28. The number of hydrogen-bond donors (Lipinski definition) is 3. The van der Waals surface area contributed by atoms with Gasteiger partial charge in [0.05, 0.1) is 6.54 Å². The van der Waals surface area contributed by atoms with Gasteiger partial charge in [0.1, 0.15) is 24.1 Å². The Kier molecular flexibility index (Phi) is 5.65. The van der Waals surface area contributed by atoms with Crippen LogP contribution in [0.3, 0.4) is 0 Å². The maximum Gasteiger partial charge on any atom is 0.278 e. The number of benzene rings is 1. The van der Waals surface area contributed by atoms with Crippen molar-refractivity contribution in [3.05, 3.63) is 88.8 Å². The van der Waals surface area contributed by atoms with E-state index in [1.165, 1.54) is 16.8 Å². The highest BCUT2D eigenvalue weighted by molar-refractivity contribution is 6.01. The highest BCUT2D eigenvalue weighted by atomic mass is 16.5. The summed E-state index contributed by atoms with van der Waals surface area (Å²) in [5, 5.41) is 16.6. The van der Waals surface area contributed by atoms with Crippen LogP contribution in [-0.2, 0) is 6.54 Å². The summed E-state index contributed by atoms with van der Waals surface area (Å²) < 4.78 is 6.77. The van der Waals surface area contributed by atoms with E-state index in [9.17, 15) is 9.59 Å². The average Bonchev–Trinajstić information content (AvgIpc) is 3.25. The molecule has 1 amide bonds. The predicted molar refractivity (Wildman–Crippen MR) is 109 cm³/mol. The first-order valence-corrected chi connectivity index (χ1v) is 9.28. The lowest BCUT2D eigenvalue weighted by atomic mass is 10.2. The number of rotatable bonds is 7. The molecule has 4 rings (SSSR count). The largest absolute Gasteiger partial charge is 0.492 e. The van der Waals surface area contributed by atoms with Crippen LogP contribution in [0.1, 0.15) is 22.4 Å². The third kappa shape index (κ3) is 4.61. The number of carbonyl (C=O) groups excluding carboxylic acids is 1. The van der Waals surface area contributed by atoms with Crippen LogP contribution in [0.2, 0.25) is 0 Å². The topological polar surface area (TPSA) is 127 Å². The minimum Gasteiger partial charge on any atom is -0.492 e. The summed E-state index contributed by atoms with van der Waals surface area (Å²) >= 11 is 0. The molecule has 0 radical (unpaired) electrons. The van der Waals surface area contributed by atoms with Crippen LogP contribution >= 0.6 is 0 Å². The first-order chi connectivity index (χ1) is 14.7. The zero-order valence-electron chi connectivity index (χ0n) is 15.9. The number of para-hydroxylation sites is 1. The van der Waals surface area contributed by atoms with Crippen molar-refractivity contribution in [2.24, 2.45) is 0 Å². The average molecular weight is 405 g/mol. The molecule has 0 aliphatic carbocycles. The van der Waals surface area contributed by atoms with Crippen LogP contribution in [0.5, 0.6) is 5.75 Å². The van der Waals surface area contributed by atoms with Crippen LogP contribution in [0, 0.1) is 0 Å². The fourth-order valence-corrected chi connectivity index (χ4v) is 2.75. The van der Waals surface area contributed by atoms with Gasteiger partial charge in [-0.1, -0.05) is 30.4 Å². The lowest BCUT2D eigenvalue weighted by molar-refractivity contribution is 0.101. The molecule has 1 aliphatic rings. The Morgan fingerprint density at radius 1 is 1.17 bits per heavy atom. The minimum atomic E-state index is -0.523. The number of amides is 1. The van der Waals surface area contributed by atoms with Gasteiger partial charge < -0.3 is 10.1 Å². The van der Waals surface area contributed by atoms with E-state index in [2.05, 4.69) is 30.9 Å². The Balaban J connectivity index is 1.39. The second-order valence-corrected chi connectivity index (χ2v) is 6.33. The molecule has 1 aliphatic heterocycles. The fraction of sp³-hybridized carbons (Fsp3) is 0.150. The number of allylic oxidation sites excluding steroid dienone is 2. The summed E-state index contributed by atoms with van der Waals surface area (Å²) in [5.74, 6) is 0.844. The quantitative estimate of drug-likeness (QED) is 0.542. The van der Waals surface area contributed by atoms with E-state index in [1.54, 1.807) is 6.20 Å². The van der Waals surface area contributed by atoms with Crippen molar-refractivity contribution in [1.29, 1.82) is 0 Å². The van der Waals surface area contributed by atoms with Gasteiger partial charge in [-0.15, -0.1) is 5.10 Å². The molecule has 0 spiro atoms. The summed E-state index contributed by atoms with van der Waals surface area (Å²) in [5.41, 5.74) is -0.258. The summed E-state index contributed by atoms with van der Waals surface area (Å²) in [6, 6.07) is 11.7. The monoisotopic (exact) mass is 405 g/mol. The maximum atomic E-state index is 12.5. The standard InChI is InChI=1S/C20H19N7O3/c28-17-10-9-16(26-27(17)12-13-30-14-6-2-1-3-7-14)19(29)23-20-22-18(24-25-20)15-8-4-5-11-21-15/h1-11,15,21H,12-13H2,(H2,22,23,24,25,29). The van der Waals surface area contributed by atoms with Gasteiger partial charge in [-0.3, -0.25) is 20.0 Å². The van der Waals surface area contributed by atoms with Gasteiger partial charge in [-0.2, -0.15) is 10.1 Å². The molecule has 1 unspecified atom stereocenters. The molecular weight excluding hydrogens is 386 g/mol. The van der Waals surface area contributed by atoms with Crippen LogP contribution in [0.15, 0.2) is 71.7 Å². The number of nitrogens with one attached hydrogen (secondary N) is 3. The molecule has 2 aromatic heterocycles. The van der Waals surface area contributed by atoms with E-state index in [1.807, 2.05) is 48.6 Å². The van der Waals surface area contributed by atoms with E-state index in [0.29, 0.717) is 11.6 Å². The molecule has 0 fully saturated rings. The van der Waals surface area contributed by atoms with E-state index in [-0.39, 0.29) is 36.4 Å². The highest BCUT2D eigenvalue weighted by Crippen LogP contribution is 2.14. The van der Waals surface area contributed by atoms with Crippen molar-refractivity contribution in [3.63, 3.8) is 0 Å². The van der Waals surface area contributed by atoms with E-state index < -0.39 is 5.91 Å². The van der Waals surface area contributed by atoms with Gasteiger partial charge in [0.2, 0.25) is 5.95 Å². The van der Waals surface area contributed by atoms with Gasteiger partial charge in [0, 0.05) is 6.07 Å². The molecule has 0 saturated carbocycles. The number of dihydropyridines is 1. The third-order valence-electron chi connectivity index (χ3n) is 4.22. The summed E-state index contributed by atoms with van der Waals surface area (Å²) in [6.07, 6.45) is 7.44. The molecule has 10 nitrogen and oxygen atoms in total. The van der Waals surface area contributed by atoms with Gasteiger partial charge in [0.25, 0.3) is 11.5 Å². The van der Waals surface area contributed by atoms with Gasteiger partial charge in [0.15, 0.2) is 5.82 Å². The number of hydrogen-bond acceptors (Lipinski definition) is 7. The second kappa shape index (κ2) is 8.86. The van der Waals surface area contributed by atoms with Crippen LogP contribution in [-0.4, -0.2) is 37.5 Å². The number of H-pyrrole nitrogens is 1. The van der Waals surface area contributed by atoms with E-state index >= 15 is 0 Å². The zero-order chi connectivity index (χ0) is 20.8. The van der Waals surface area contributed by atoms with Gasteiger partial charge in [-0.05, 0) is 30.5 Å². The highest BCUT2D eigenvalue weighted by Gasteiger charge is 2.16. The summed E-state index contributed by atoms with van der Waals surface area (Å²) in [7, 11) is 0. The Morgan fingerprint density at radius 2 is 2.03 bits per heavy atom. The number of aromatic amines is 1. The van der Waals surface area contributed by atoms with Gasteiger partial charge in [-0.25, -0.2) is 4.68 Å². The van der Waals surface area contributed by atoms with Crippen LogP contribution < -0.4 is 20.9 Å². The lowest BCUT2D eigenvalue weighted by Gasteiger charge is -2.11. The van der Waals surface area contributed by atoms with Crippen LogP contribution in [0.4, 0.5) is 5.95 Å². The molecule has 0 saturated heterocycles. The molecule has 3 N–H and O–H groups in total. The smallest absolute Gasteiger partial charge is 0.278 e. The Hall–Kier alpha value is -4.21. The third-order valence-corrected chi connectivity index (χ3v) is 4.22. The number of carbonyl (C=O) groups is 1. The normalized spacial score (nSPS) is 14.9. The van der Waals surface area contributed by atoms with Crippen molar-refractivity contribution < 1.29 is 9.53 Å². The fourth-order valence-electron chi connectivity index (χ4n) is 2.75. The molecule has 3 aromatic rings. The van der Waals surface area contributed by atoms with Crippen molar-refractivity contribution in [3.8, 4) is 5.75 Å². The van der Waals surface area contributed by atoms with Crippen molar-refractivity contribution in [2.45, 2.75) is 12.6 Å². The van der Waals surface area contributed by atoms with Crippen molar-refractivity contribution in [2.75, 3.05) is 11.9 Å². The number of ether oxygens (including phenoxy) is 1. The number of anilines is 1. The molecule has 10 heteroatoms. The Morgan fingerprint density at radius 3 is 2.83 bits per heavy atom. The minimum absolute atomic E-state index is 0.0688. The summed E-state index contributed by atoms with van der Waals surface area (Å²) in [4.78, 5) is 28.8. The van der Waals surface area contributed by atoms with Crippen molar-refractivity contribution >= 4 is 11.9 Å². The summed E-state index contributed by atoms with van der Waals surface area (Å²) in [6.45, 7) is 0.440. The Bertz CT molecular complexity index is 1130. The molecule has 152 valence electrons. The first-order valence-electron chi connectivity index (χ1n) is 9.28. The molecule has 3 heterocycles. The maximum absolute atomic E-state index is 12.5. The zero-order valence-corrected chi connectivity index (χ0v) is 15.9. The molecule has 0 bridgehead atoms. The second-order valence-electron chi connectivity index (χ2n) is 6.33. The Labute approximate surface area is 171 Å². The predicted octanol–water partition coefficient (Wildman–Crippen LogP) is 1.41. The van der Waals surface area contributed by atoms with Crippen molar-refractivity contribution in [1.82, 2.24) is 30.3 Å². The molecule has 30 heavy (non-hydrogen) atoms. The molecular formula is C20H19N7O3. The number of nitrogens with zero attached hydrogens (tertiary/aromatic N) is 4. The molecule has 1 atom stereocenters. The van der Waals surface area contributed by atoms with Gasteiger partial charge >= 0.3 is 0 Å². The molecule has 1 aromatic carbocycles.